The number of Topliss-reactive ketones (excluding diaryl/α,β-unsaturated/α-hetero) is 1. The number of nitrogens with one attached hydrogen (secondary N) is 1. The van der Waals surface area contributed by atoms with E-state index >= 15 is 0 Å². The molecular formula is C18H17ClN2O4. The molecule has 1 atom stereocenters. The Morgan fingerprint density at radius 2 is 1.60 bits per heavy atom. The van der Waals surface area contributed by atoms with E-state index in [-0.39, 0.29) is 12.3 Å². The summed E-state index contributed by atoms with van der Waals surface area (Å²) >= 11 is 5.79. The number of amides is 2. The molecule has 1 unspecified atom stereocenters. The number of rotatable bonds is 6. The van der Waals surface area contributed by atoms with E-state index in [4.69, 9.17) is 22.1 Å². The van der Waals surface area contributed by atoms with Gasteiger partial charge in [0.05, 0.1) is 5.56 Å². The molecule has 6 nitrogen and oxygen atoms in total. The van der Waals surface area contributed by atoms with Gasteiger partial charge in [-0.3, -0.25) is 4.79 Å². The summed E-state index contributed by atoms with van der Waals surface area (Å²) in [6.07, 6.45) is -0.926. The fourth-order valence-corrected chi connectivity index (χ4v) is 2.20. The Morgan fingerprint density at radius 3 is 2.16 bits per heavy atom. The zero-order chi connectivity index (χ0) is 18.4. The highest BCUT2D eigenvalue weighted by Gasteiger charge is 2.20. The van der Waals surface area contributed by atoms with Gasteiger partial charge in [-0.15, -0.1) is 0 Å². The summed E-state index contributed by atoms with van der Waals surface area (Å²) in [7, 11) is 0. The van der Waals surface area contributed by atoms with Crippen LogP contribution >= 0.6 is 11.6 Å². The van der Waals surface area contributed by atoms with E-state index in [1.54, 1.807) is 48.5 Å². The van der Waals surface area contributed by atoms with Gasteiger partial charge >= 0.3 is 12.0 Å². The molecule has 7 heteroatoms. The van der Waals surface area contributed by atoms with E-state index in [0.717, 1.165) is 5.56 Å². The third kappa shape index (κ3) is 5.32. The Bertz CT molecular complexity index is 773. The maximum atomic E-state index is 12.3. The lowest BCUT2D eigenvalue weighted by molar-refractivity contribution is 0.0319. The molecule has 0 spiro atoms. The molecule has 2 amide bonds. The van der Waals surface area contributed by atoms with Gasteiger partial charge in [-0.05, 0) is 48.9 Å². The van der Waals surface area contributed by atoms with Gasteiger partial charge in [-0.2, -0.15) is 0 Å². The minimum absolute atomic E-state index is 0.260. The standard InChI is InChI=1S/C18H17ClN2O4/c1-11(16(22)13-6-8-15(19)9-7-13)25-17(23)14-4-2-12(3-5-14)10-21-18(20)24/h2-9,11H,10H2,1H3,(H3,20,21,24). The number of hydrogen-bond acceptors (Lipinski definition) is 4. The van der Waals surface area contributed by atoms with E-state index in [9.17, 15) is 14.4 Å². The highest BCUT2D eigenvalue weighted by molar-refractivity contribution is 6.30. The molecule has 0 aliphatic carbocycles. The summed E-state index contributed by atoms with van der Waals surface area (Å²) in [6, 6.07) is 12.2. The molecule has 25 heavy (non-hydrogen) atoms. The molecule has 0 saturated heterocycles. The molecular weight excluding hydrogens is 344 g/mol. The molecule has 0 aliphatic rings. The van der Waals surface area contributed by atoms with Gasteiger partial charge in [0.2, 0.25) is 5.78 Å². The van der Waals surface area contributed by atoms with Crippen molar-refractivity contribution < 1.29 is 19.1 Å². The Balaban J connectivity index is 1.97. The molecule has 0 fully saturated rings. The molecule has 0 aliphatic heterocycles. The second kappa shape index (κ2) is 8.30. The Labute approximate surface area is 149 Å². The predicted octanol–water partition coefficient (Wildman–Crippen LogP) is 2.94. The first-order chi connectivity index (χ1) is 11.9. The number of nitrogens with two attached hydrogens (primary N) is 1. The minimum Gasteiger partial charge on any atom is -0.451 e. The highest BCUT2D eigenvalue weighted by Crippen LogP contribution is 2.14. The first-order valence-corrected chi connectivity index (χ1v) is 7.87. The summed E-state index contributed by atoms with van der Waals surface area (Å²) in [5.74, 6) is -0.920. The highest BCUT2D eigenvalue weighted by atomic mass is 35.5. The van der Waals surface area contributed by atoms with Crippen LogP contribution in [0.4, 0.5) is 4.79 Å². The van der Waals surface area contributed by atoms with E-state index in [1.807, 2.05) is 0 Å². The van der Waals surface area contributed by atoms with Crippen molar-refractivity contribution in [3.63, 3.8) is 0 Å². The zero-order valence-corrected chi connectivity index (χ0v) is 14.2. The number of carbonyl (C=O) groups is 3. The minimum atomic E-state index is -0.926. The van der Waals surface area contributed by atoms with Crippen molar-refractivity contribution in [2.45, 2.75) is 19.6 Å². The van der Waals surface area contributed by atoms with Crippen LogP contribution in [0.2, 0.25) is 5.02 Å². The summed E-state index contributed by atoms with van der Waals surface area (Å²) in [5.41, 5.74) is 6.49. The number of ether oxygens (including phenoxy) is 1. The third-order valence-electron chi connectivity index (χ3n) is 3.44. The second-order valence-electron chi connectivity index (χ2n) is 5.33. The lowest BCUT2D eigenvalue weighted by Gasteiger charge is -2.12. The van der Waals surface area contributed by atoms with Gasteiger partial charge in [0, 0.05) is 17.1 Å². The number of urea groups is 1. The summed E-state index contributed by atoms with van der Waals surface area (Å²) in [4.78, 5) is 35.1. The van der Waals surface area contributed by atoms with Crippen LogP contribution in [0.1, 0.15) is 33.2 Å². The molecule has 0 saturated carbocycles. The molecule has 0 radical (unpaired) electrons. The Hall–Kier alpha value is -2.86. The molecule has 3 N–H and O–H groups in total. The normalized spacial score (nSPS) is 11.4. The van der Waals surface area contributed by atoms with Gasteiger partial charge in [-0.1, -0.05) is 23.7 Å². The van der Waals surface area contributed by atoms with E-state index in [1.165, 1.54) is 6.92 Å². The van der Waals surface area contributed by atoms with Gasteiger partial charge in [0.1, 0.15) is 0 Å². The fraction of sp³-hybridized carbons (Fsp3) is 0.167. The summed E-state index contributed by atoms with van der Waals surface area (Å²) in [6.45, 7) is 1.77. The quantitative estimate of drug-likeness (QED) is 0.611. The number of esters is 1. The van der Waals surface area contributed by atoms with E-state index in [2.05, 4.69) is 5.32 Å². The first-order valence-electron chi connectivity index (χ1n) is 7.50. The van der Waals surface area contributed by atoms with Crippen molar-refractivity contribution in [1.82, 2.24) is 5.32 Å². The number of benzene rings is 2. The van der Waals surface area contributed by atoms with Gasteiger partial charge in [-0.25, -0.2) is 9.59 Å². The topological polar surface area (TPSA) is 98.5 Å². The lowest BCUT2D eigenvalue weighted by atomic mass is 10.1. The molecule has 0 bridgehead atoms. The average molecular weight is 361 g/mol. The summed E-state index contributed by atoms with van der Waals surface area (Å²) < 4.78 is 5.21. The van der Waals surface area contributed by atoms with E-state index in [0.29, 0.717) is 16.1 Å². The van der Waals surface area contributed by atoms with Crippen LogP contribution in [0.5, 0.6) is 0 Å². The lowest BCUT2D eigenvalue weighted by Crippen LogP contribution is -2.28. The second-order valence-corrected chi connectivity index (χ2v) is 5.77. The average Bonchev–Trinajstić information content (AvgIpc) is 2.60. The van der Waals surface area contributed by atoms with Crippen LogP contribution in [0.3, 0.4) is 0 Å². The Morgan fingerprint density at radius 1 is 1.04 bits per heavy atom. The molecule has 2 aromatic carbocycles. The van der Waals surface area contributed by atoms with E-state index < -0.39 is 18.1 Å². The van der Waals surface area contributed by atoms with Crippen LogP contribution in [0.15, 0.2) is 48.5 Å². The van der Waals surface area contributed by atoms with Crippen molar-refractivity contribution in [3.8, 4) is 0 Å². The van der Waals surface area contributed by atoms with Crippen LogP contribution < -0.4 is 11.1 Å². The molecule has 2 aromatic rings. The van der Waals surface area contributed by atoms with Crippen LogP contribution in [-0.2, 0) is 11.3 Å². The largest absolute Gasteiger partial charge is 0.451 e. The van der Waals surface area contributed by atoms with Gasteiger partial charge in [0.25, 0.3) is 0 Å². The SMILES string of the molecule is CC(OC(=O)c1ccc(CNC(N)=O)cc1)C(=O)c1ccc(Cl)cc1. The number of carbonyl (C=O) groups excluding carboxylic acids is 3. The number of halogens is 1. The maximum absolute atomic E-state index is 12.3. The first kappa shape index (κ1) is 18.5. The van der Waals surface area contributed by atoms with Crippen molar-refractivity contribution in [2.75, 3.05) is 0 Å². The van der Waals surface area contributed by atoms with Crippen molar-refractivity contribution in [1.29, 1.82) is 0 Å². The predicted molar refractivity (Wildman–Crippen MR) is 93.5 cm³/mol. The molecule has 130 valence electrons. The Kier molecular flexibility index (Phi) is 6.14. The molecule has 2 rings (SSSR count). The number of hydrogen-bond donors (Lipinski definition) is 2. The zero-order valence-electron chi connectivity index (χ0n) is 13.5. The molecule has 0 heterocycles. The van der Waals surface area contributed by atoms with Crippen molar-refractivity contribution in [3.05, 3.63) is 70.2 Å². The number of primary amides is 1. The maximum Gasteiger partial charge on any atom is 0.338 e. The van der Waals surface area contributed by atoms with Crippen molar-refractivity contribution in [2.24, 2.45) is 5.73 Å². The summed E-state index contributed by atoms with van der Waals surface area (Å²) in [5, 5.41) is 2.97. The fourth-order valence-electron chi connectivity index (χ4n) is 2.08. The van der Waals surface area contributed by atoms with Gasteiger partial charge < -0.3 is 15.8 Å². The van der Waals surface area contributed by atoms with Crippen LogP contribution in [0.25, 0.3) is 0 Å². The van der Waals surface area contributed by atoms with Crippen molar-refractivity contribution >= 4 is 29.4 Å². The number of ketones is 1. The third-order valence-corrected chi connectivity index (χ3v) is 3.69. The molecule has 0 aromatic heterocycles. The smallest absolute Gasteiger partial charge is 0.338 e. The van der Waals surface area contributed by atoms with Gasteiger partial charge in [0.15, 0.2) is 6.10 Å². The van der Waals surface area contributed by atoms with Crippen LogP contribution in [0, 0.1) is 0 Å². The van der Waals surface area contributed by atoms with Crippen LogP contribution in [-0.4, -0.2) is 23.9 Å². The monoisotopic (exact) mass is 360 g/mol.